The van der Waals surface area contributed by atoms with Gasteiger partial charge in [0, 0.05) is 6.42 Å². The highest BCUT2D eigenvalue weighted by Gasteiger charge is 2.54. The van der Waals surface area contributed by atoms with Gasteiger partial charge in [0.1, 0.15) is 4.75 Å². The predicted molar refractivity (Wildman–Crippen MR) is 46.1 cm³/mol. The molecule has 1 aliphatic carbocycles. The summed E-state index contributed by atoms with van der Waals surface area (Å²) < 4.78 is 32.9. The molecule has 0 radical (unpaired) electrons. The van der Waals surface area contributed by atoms with Crippen LogP contribution in [0.3, 0.4) is 0 Å². The first-order valence-corrected chi connectivity index (χ1v) is 5.71. The van der Waals surface area contributed by atoms with Crippen molar-refractivity contribution in [1.82, 2.24) is 0 Å². The van der Waals surface area contributed by atoms with E-state index < -0.39 is 15.0 Å². The molecule has 0 spiro atoms. The first kappa shape index (κ1) is 10.5. The molecule has 0 heterocycles. The molecule has 1 saturated carbocycles. The van der Waals surface area contributed by atoms with Crippen molar-refractivity contribution in [2.45, 2.75) is 43.3 Å². The average Bonchev–Trinajstić information content (AvgIpc) is 2.77. The van der Waals surface area contributed by atoms with Crippen LogP contribution in [-0.4, -0.2) is 13.2 Å². The van der Waals surface area contributed by atoms with Crippen molar-refractivity contribution >= 4 is 10.2 Å². The third-order valence-corrected chi connectivity index (χ3v) is 4.14. The van der Waals surface area contributed by atoms with Crippen LogP contribution in [0.25, 0.3) is 0 Å². The van der Waals surface area contributed by atoms with E-state index in [9.17, 15) is 12.3 Å². The van der Waals surface area contributed by atoms with Crippen molar-refractivity contribution in [3.8, 4) is 6.07 Å². The summed E-state index contributed by atoms with van der Waals surface area (Å²) in [5.41, 5.74) is 0. The van der Waals surface area contributed by atoms with E-state index in [0.717, 1.165) is 0 Å². The molecular formula is C8H12FNO2S. The molecule has 0 bridgehead atoms. The molecule has 0 unspecified atom stereocenters. The molecule has 0 aromatic carbocycles. The van der Waals surface area contributed by atoms with E-state index in [-0.39, 0.29) is 0 Å². The normalized spacial score (nSPS) is 19.4. The topological polar surface area (TPSA) is 57.9 Å². The van der Waals surface area contributed by atoms with Crippen LogP contribution in [0.2, 0.25) is 0 Å². The number of hydrogen-bond acceptors (Lipinski definition) is 3. The molecular weight excluding hydrogens is 193 g/mol. The molecule has 0 aliphatic heterocycles. The van der Waals surface area contributed by atoms with Crippen LogP contribution >= 0.6 is 0 Å². The number of halogens is 1. The van der Waals surface area contributed by atoms with Crippen LogP contribution in [0, 0.1) is 11.3 Å². The Kier molecular flexibility index (Phi) is 2.91. The Hall–Kier alpha value is -0.630. The zero-order valence-corrected chi connectivity index (χ0v) is 8.11. The van der Waals surface area contributed by atoms with Gasteiger partial charge in [0.2, 0.25) is 0 Å². The number of hydrogen-bond donors (Lipinski definition) is 0. The van der Waals surface area contributed by atoms with Crippen LogP contribution in [0.1, 0.15) is 38.5 Å². The van der Waals surface area contributed by atoms with E-state index in [1.165, 1.54) is 0 Å². The highest BCUT2D eigenvalue weighted by atomic mass is 32.3. The van der Waals surface area contributed by atoms with Gasteiger partial charge in [-0.2, -0.15) is 13.7 Å². The zero-order chi connectivity index (χ0) is 9.95. The first-order valence-electron chi connectivity index (χ1n) is 4.33. The Labute approximate surface area is 77.8 Å². The van der Waals surface area contributed by atoms with Gasteiger partial charge < -0.3 is 0 Å². The second kappa shape index (κ2) is 3.62. The van der Waals surface area contributed by atoms with Crippen LogP contribution in [0.15, 0.2) is 0 Å². The Morgan fingerprint density at radius 1 is 1.38 bits per heavy atom. The van der Waals surface area contributed by atoms with Crippen LogP contribution in [0.4, 0.5) is 3.89 Å². The minimum absolute atomic E-state index is 0.369. The minimum atomic E-state index is -4.36. The molecule has 1 rings (SSSR count). The van der Waals surface area contributed by atoms with E-state index in [2.05, 4.69) is 0 Å². The molecule has 13 heavy (non-hydrogen) atoms. The lowest BCUT2D eigenvalue weighted by atomic mass is 10.1. The van der Waals surface area contributed by atoms with Crippen molar-refractivity contribution in [1.29, 1.82) is 5.26 Å². The molecule has 5 heteroatoms. The Morgan fingerprint density at radius 3 is 2.38 bits per heavy atom. The van der Waals surface area contributed by atoms with Crippen LogP contribution in [0.5, 0.6) is 0 Å². The van der Waals surface area contributed by atoms with E-state index in [1.807, 2.05) is 6.07 Å². The summed E-state index contributed by atoms with van der Waals surface area (Å²) in [6.07, 6.45) is 2.96. The van der Waals surface area contributed by atoms with Gasteiger partial charge in [0.25, 0.3) is 0 Å². The van der Waals surface area contributed by atoms with Crippen molar-refractivity contribution in [2.24, 2.45) is 0 Å². The Morgan fingerprint density at radius 2 is 2.00 bits per heavy atom. The van der Waals surface area contributed by atoms with Gasteiger partial charge in [-0.3, -0.25) is 0 Å². The van der Waals surface area contributed by atoms with Gasteiger partial charge in [-0.25, -0.2) is 0 Å². The van der Waals surface area contributed by atoms with Crippen LogP contribution in [-0.2, 0) is 10.2 Å². The summed E-state index contributed by atoms with van der Waals surface area (Å²) in [5.74, 6) is 0. The van der Waals surface area contributed by atoms with Gasteiger partial charge >= 0.3 is 10.2 Å². The lowest BCUT2D eigenvalue weighted by molar-refractivity contribution is 0.514. The van der Waals surface area contributed by atoms with E-state index in [0.29, 0.717) is 38.5 Å². The predicted octanol–water partition coefficient (Wildman–Crippen LogP) is 1.90. The molecule has 74 valence electrons. The fourth-order valence-electron chi connectivity index (χ4n) is 1.41. The molecule has 3 nitrogen and oxygen atoms in total. The molecule has 0 N–H and O–H groups in total. The lowest BCUT2D eigenvalue weighted by Gasteiger charge is -2.07. The second-order valence-electron chi connectivity index (χ2n) is 3.49. The fraction of sp³-hybridized carbons (Fsp3) is 0.875. The lowest BCUT2D eigenvalue weighted by Crippen LogP contribution is -2.18. The number of unbranched alkanes of at least 4 members (excludes halogenated alkanes) is 2. The summed E-state index contributed by atoms with van der Waals surface area (Å²) >= 11 is 0. The third kappa shape index (κ3) is 2.41. The molecule has 1 aliphatic rings. The monoisotopic (exact) mass is 205 g/mol. The summed E-state index contributed by atoms with van der Waals surface area (Å²) in [7, 11) is -4.36. The Bertz CT molecular complexity index is 314. The molecule has 0 aromatic rings. The molecule has 1 fully saturated rings. The highest BCUT2D eigenvalue weighted by molar-refractivity contribution is 7.88. The van der Waals surface area contributed by atoms with Crippen molar-refractivity contribution < 1.29 is 12.3 Å². The standard InChI is InChI=1S/C8H12FNO2S/c9-13(11,12)8(5-6-8)4-2-1-3-7-10/h1-6H2. The number of nitriles is 1. The quantitative estimate of drug-likeness (QED) is 0.508. The van der Waals surface area contributed by atoms with Crippen molar-refractivity contribution in [3.63, 3.8) is 0 Å². The maximum absolute atomic E-state index is 12.6. The fourth-order valence-corrected chi connectivity index (χ4v) is 2.38. The summed E-state index contributed by atoms with van der Waals surface area (Å²) in [5, 5.41) is 8.23. The highest BCUT2D eigenvalue weighted by Crippen LogP contribution is 2.48. The van der Waals surface area contributed by atoms with E-state index >= 15 is 0 Å². The first-order chi connectivity index (χ1) is 6.02. The number of nitrogens with zero attached hydrogens (tertiary/aromatic N) is 1. The number of rotatable bonds is 5. The second-order valence-corrected chi connectivity index (χ2v) is 5.23. The SMILES string of the molecule is N#CCCCCC1(S(=O)(=O)F)CC1. The maximum Gasteiger partial charge on any atom is 0.308 e. The van der Waals surface area contributed by atoms with Crippen LogP contribution < -0.4 is 0 Å². The van der Waals surface area contributed by atoms with E-state index in [4.69, 9.17) is 5.26 Å². The van der Waals surface area contributed by atoms with Gasteiger partial charge in [0.05, 0.1) is 6.07 Å². The summed E-state index contributed by atoms with van der Waals surface area (Å²) in [6, 6.07) is 1.97. The van der Waals surface area contributed by atoms with Gasteiger partial charge in [0.15, 0.2) is 0 Å². The van der Waals surface area contributed by atoms with Crippen molar-refractivity contribution in [2.75, 3.05) is 0 Å². The van der Waals surface area contributed by atoms with Gasteiger partial charge in [-0.1, -0.05) is 6.42 Å². The van der Waals surface area contributed by atoms with E-state index in [1.54, 1.807) is 0 Å². The molecule has 0 amide bonds. The Balaban J connectivity index is 2.34. The molecule has 0 saturated heterocycles. The minimum Gasteiger partial charge on any atom is -0.198 e. The largest absolute Gasteiger partial charge is 0.308 e. The smallest absolute Gasteiger partial charge is 0.198 e. The van der Waals surface area contributed by atoms with Gasteiger partial charge in [-0.15, -0.1) is 3.89 Å². The van der Waals surface area contributed by atoms with Gasteiger partial charge in [-0.05, 0) is 25.7 Å². The summed E-state index contributed by atoms with van der Waals surface area (Å²) in [4.78, 5) is 0. The third-order valence-electron chi connectivity index (χ3n) is 2.50. The molecule has 0 aromatic heterocycles. The van der Waals surface area contributed by atoms with Crippen molar-refractivity contribution in [3.05, 3.63) is 0 Å². The summed E-state index contributed by atoms with van der Waals surface area (Å²) in [6.45, 7) is 0. The maximum atomic E-state index is 12.6. The molecule has 0 atom stereocenters. The zero-order valence-electron chi connectivity index (χ0n) is 7.29. The average molecular weight is 205 g/mol.